The van der Waals surface area contributed by atoms with Gasteiger partial charge in [0.2, 0.25) is 0 Å². The maximum atomic E-state index is 13.2. The van der Waals surface area contributed by atoms with Gasteiger partial charge in [-0.1, -0.05) is 43.1 Å². The van der Waals surface area contributed by atoms with E-state index in [0.29, 0.717) is 39.1 Å². The van der Waals surface area contributed by atoms with Crippen LogP contribution in [0.25, 0.3) is 0 Å². The molecule has 7 heteroatoms. The van der Waals surface area contributed by atoms with Crippen LogP contribution in [0.15, 0.2) is 41.4 Å². The fourth-order valence-corrected chi connectivity index (χ4v) is 4.78. The number of halogens is 2. The Morgan fingerprint density at radius 3 is 2.66 bits per heavy atom. The lowest BCUT2D eigenvalue weighted by atomic mass is 9.67. The van der Waals surface area contributed by atoms with Crippen molar-refractivity contribution in [2.24, 2.45) is 16.3 Å². The van der Waals surface area contributed by atoms with Crippen molar-refractivity contribution in [2.75, 3.05) is 5.32 Å². The zero-order valence-electron chi connectivity index (χ0n) is 16.0. The van der Waals surface area contributed by atoms with E-state index >= 15 is 0 Å². The van der Waals surface area contributed by atoms with Crippen molar-refractivity contribution in [2.45, 2.75) is 32.7 Å². The van der Waals surface area contributed by atoms with Crippen molar-refractivity contribution >= 4 is 52.0 Å². The number of hydrogen-bond acceptors (Lipinski definition) is 4. The van der Waals surface area contributed by atoms with Crippen LogP contribution in [0.2, 0.25) is 10.0 Å². The van der Waals surface area contributed by atoms with Crippen LogP contribution >= 0.6 is 23.2 Å². The molecule has 0 bridgehead atoms. The van der Waals surface area contributed by atoms with Gasteiger partial charge < -0.3 is 10.4 Å². The summed E-state index contributed by atoms with van der Waals surface area (Å²) in [6.45, 7) is 4.13. The van der Waals surface area contributed by atoms with E-state index in [-0.39, 0.29) is 22.8 Å². The largest absolute Gasteiger partial charge is 0.478 e. The first-order valence-electron chi connectivity index (χ1n) is 9.35. The predicted octanol–water partition coefficient (Wildman–Crippen LogP) is 5.61. The van der Waals surface area contributed by atoms with Crippen LogP contribution in [-0.2, 0) is 4.79 Å². The number of Topliss-reactive ketones (excluding diaryl/α,β-unsaturated/α-hetero) is 1. The van der Waals surface area contributed by atoms with Crippen LogP contribution in [0.4, 0.5) is 11.4 Å². The zero-order valence-corrected chi connectivity index (χ0v) is 17.5. The molecule has 2 aromatic carbocycles. The van der Waals surface area contributed by atoms with Crippen molar-refractivity contribution < 1.29 is 14.7 Å². The third-order valence-corrected chi connectivity index (χ3v) is 6.05. The number of carboxylic acid groups (broad SMARTS) is 1. The smallest absolute Gasteiger partial charge is 0.335 e. The lowest BCUT2D eigenvalue weighted by Gasteiger charge is -2.40. The Labute approximate surface area is 178 Å². The van der Waals surface area contributed by atoms with E-state index in [9.17, 15) is 14.7 Å². The predicted molar refractivity (Wildman–Crippen MR) is 115 cm³/mol. The molecule has 0 radical (unpaired) electrons. The number of fused-ring (bicyclic) bond motifs is 2. The summed E-state index contributed by atoms with van der Waals surface area (Å²) in [5.41, 5.74) is 2.43. The Bertz CT molecular complexity index is 1060. The van der Waals surface area contributed by atoms with Gasteiger partial charge in [-0.25, -0.2) is 9.79 Å². The molecule has 0 spiro atoms. The summed E-state index contributed by atoms with van der Waals surface area (Å²) in [5.74, 6) is -1.41. The number of carbonyl (C=O) groups is 2. The zero-order chi connectivity index (χ0) is 20.9. The molecule has 29 heavy (non-hydrogen) atoms. The maximum Gasteiger partial charge on any atom is 0.335 e. The number of carbonyl (C=O) groups excluding carboxylic acids is 1. The Kier molecular flexibility index (Phi) is 4.91. The number of benzene rings is 2. The van der Waals surface area contributed by atoms with Gasteiger partial charge in [-0.15, -0.1) is 0 Å². The van der Waals surface area contributed by atoms with E-state index in [1.165, 1.54) is 6.07 Å². The highest BCUT2D eigenvalue weighted by atomic mass is 35.5. The van der Waals surface area contributed by atoms with E-state index in [1.807, 2.05) is 0 Å². The summed E-state index contributed by atoms with van der Waals surface area (Å²) >= 11 is 12.5. The van der Waals surface area contributed by atoms with Gasteiger partial charge in [-0.05, 0) is 42.2 Å². The highest BCUT2D eigenvalue weighted by Crippen LogP contribution is 2.43. The second-order valence-corrected chi connectivity index (χ2v) is 9.24. The molecule has 150 valence electrons. The molecule has 5 nitrogen and oxygen atoms in total. The molecule has 1 aliphatic carbocycles. The molecule has 1 saturated carbocycles. The summed E-state index contributed by atoms with van der Waals surface area (Å²) in [4.78, 5) is 29.4. The van der Waals surface area contributed by atoms with Crippen LogP contribution in [0.3, 0.4) is 0 Å². The van der Waals surface area contributed by atoms with Crippen LogP contribution in [-0.4, -0.2) is 28.6 Å². The average Bonchev–Trinajstić information content (AvgIpc) is 2.76. The molecule has 2 atom stereocenters. The fourth-order valence-electron chi connectivity index (χ4n) is 4.27. The maximum absolute atomic E-state index is 13.2. The molecule has 2 aromatic rings. The van der Waals surface area contributed by atoms with Crippen LogP contribution in [0.1, 0.15) is 42.6 Å². The van der Waals surface area contributed by atoms with Crippen molar-refractivity contribution in [3.05, 3.63) is 57.6 Å². The summed E-state index contributed by atoms with van der Waals surface area (Å²) in [5, 5.41) is 13.7. The summed E-state index contributed by atoms with van der Waals surface area (Å²) in [7, 11) is 0. The second kappa shape index (κ2) is 7.15. The molecule has 4 rings (SSSR count). The number of hydrogen-bond donors (Lipinski definition) is 2. The van der Waals surface area contributed by atoms with E-state index in [0.717, 1.165) is 6.42 Å². The van der Waals surface area contributed by atoms with Crippen molar-refractivity contribution in [1.82, 2.24) is 0 Å². The van der Waals surface area contributed by atoms with E-state index in [4.69, 9.17) is 28.2 Å². The van der Waals surface area contributed by atoms with Crippen molar-refractivity contribution in [1.29, 1.82) is 0 Å². The normalized spacial score (nSPS) is 22.6. The first-order chi connectivity index (χ1) is 13.6. The highest BCUT2D eigenvalue weighted by Gasteiger charge is 2.45. The molecule has 2 N–H and O–H groups in total. The Hall–Kier alpha value is -2.37. The molecule has 0 aromatic heterocycles. The minimum absolute atomic E-state index is 0.0924. The van der Waals surface area contributed by atoms with Crippen molar-refractivity contribution in [3.63, 3.8) is 0 Å². The Balaban J connectivity index is 1.92. The lowest BCUT2D eigenvalue weighted by Crippen LogP contribution is -2.48. The van der Waals surface area contributed by atoms with Crippen LogP contribution < -0.4 is 5.32 Å². The number of ketones is 1. The topological polar surface area (TPSA) is 78.8 Å². The van der Waals surface area contributed by atoms with Gasteiger partial charge >= 0.3 is 5.97 Å². The number of nitrogens with zero attached hydrogens (tertiary/aromatic N) is 1. The first-order valence-corrected chi connectivity index (χ1v) is 10.1. The molecule has 1 aliphatic heterocycles. The third kappa shape index (κ3) is 3.77. The van der Waals surface area contributed by atoms with E-state index < -0.39 is 11.9 Å². The first kappa shape index (κ1) is 19.9. The van der Waals surface area contributed by atoms with Gasteiger partial charge in [0.1, 0.15) is 5.78 Å². The summed E-state index contributed by atoms with van der Waals surface area (Å²) in [6.07, 6.45) is 1.18. The monoisotopic (exact) mass is 430 g/mol. The molecule has 2 unspecified atom stereocenters. The van der Waals surface area contributed by atoms with Gasteiger partial charge in [0, 0.05) is 23.0 Å². The standard InChI is InChI=1S/C22H20Cl2N2O3/c1-22(2)9-17-19(18(27)10-22)20(13-5-4-12(23)8-14(13)24)26-15-6-3-11(21(28)29)7-16(15)25-17/h3-8,17,19,25H,9-10H2,1-2H3,(H,28,29). The number of aliphatic imine (C=N–C) groups is 1. The third-order valence-electron chi connectivity index (χ3n) is 5.50. The summed E-state index contributed by atoms with van der Waals surface area (Å²) in [6, 6.07) is 9.66. The van der Waals surface area contributed by atoms with Crippen LogP contribution in [0, 0.1) is 11.3 Å². The van der Waals surface area contributed by atoms with E-state index in [2.05, 4.69) is 19.2 Å². The Morgan fingerprint density at radius 2 is 1.97 bits per heavy atom. The van der Waals surface area contributed by atoms with Gasteiger partial charge in [0.15, 0.2) is 0 Å². The molecule has 1 heterocycles. The summed E-state index contributed by atoms with van der Waals surface area (Å²) < 4.78 is 0. The van der Waals surface area contributed by atoms with E-state index in [1.54, 1.807) is 30.3 Å². The minimum Gasteiger partial charge on any atom is -0.478 e. The average molecular weight is 431 g/mol. The number of aromatic carboxylic acids is 1. The SMILES string of the molecule is CC1(C)CC(=O)C2C(c3ccc(Cl)cc3Cl)=Nc3ccc(C(=O)O)cc3NC2C1. The van der Waals surface area contributed by atoms with Gasteiger partial charge in [0.25, 0.3) is 0 Å². The molecular formula is C22H20Cl2N2O3. The van der Waals surface area contributed by atoms with Gasteiger partial charge in [-0.2, -0.15) is 0 Å². The second-order valence-electron chi connectivity index (χ2n) is 8.40. The molecule has 0 saturated heterocycles. The Morgan fingerprint density at radius 1 is 1.21 bits per heavy atom. The molecule has 1 fully saturated rings. The fraction of sp³-hybridized carbons (Fsp3) is 0.318. The number of rotatable bonds is 2. The lowest BCUT2D eigenvalue weighted by molar-refractivity contribution is -0.125. The molecule has 0 amide bonds. The minimum atomic E-state index is -1.01. The quantitative estimate of drug-likeness (QED) is 0.648. The number of nitrogens with one attached hydrogen (secondary N) is 1. The number of carboxylic acids is 1. The molecule has 2 aliphatic rings. The number of anilines is 1. The van der Waals surface area contributed by atoms with Gasteiger partial charge in [-0.3, -0.25) is 4.79 Å². The molecular weight excluding hydrogens is 411 g/mol. The highest BCUT2D eigenvalue weighted by molar-refractivity contribution is 6.37. The van der Waals surface area contributed by atoms with Gasteiger partial charge in [0.05, 0.1) is 33.6 Å². The van der Waals surface area contributed by atoms with Crippen molar-refractivity contribution in [3.8, 4) is 0 Å². The van der Waals surface area contributed by atoms with Crippen LogP contribution in [0.5, 0.6) is 0 Å².